The van der Waals surface area contributed by atoms with Crippen LogP contribution in [0.2, 0.25) is 0 Å². The first-order valence-electron chi connectivity index (χ1n) is 6.25. The molecule has 0 saturated heterocycles. The number of carbonyl (C=O) groups excluding carboxylic acids is 2. The predicted molar refractivity (Wildman–Crippen MR) is 69.1 cm³/mol. The Kier molecular flexibility index (Phi) is 8.37. The fourth-order valence-corrected chi connectivity index (χ4v) is 2.00. The quantitative estimate of drug-likeness (QED) is 0.615. The molecule has 5 nitrogen and oxygen atoms in total. The lowest BCUT2D eigenvalue weighted by Crippen LogP contribution is -2.38. The van der Waals surface area contributed by atoms with Gasteiger partial charge in [-0.2, -0.15) is 0 Å². The van der Waals surface area contributed by atoms with Crippen LogP contribution in [0.25, 0.3) is 0 Å². The SMILES string of the molecule is COC(=O)CN(CC(=O)OC)CC(C)CC(C)C. The molecule has 0 fully saturated rings. The molecular weight excluding hydrogens is 234 g/mol. The van der Waals surface area contributed by atoms with E-state index in [1.807, 2.05) is 0 Å². The summed E-state index contributed by atoms with van der Waals surface area (Å²) in [6.45, 7) is 7.34. The van der Waals surface area contributed by atoms with E-state index in [2.05, 4.69) is 30.2 Å². The summed E-state index contributed by atoms with van der Waals surface area (Å²) in [6.07, 6.45) is 1.05. The van der Waals surface area contributed by atoms with Crippen molar-refractivity contribution in [1.29, 1.82) is 0 Å². The molecule has 5 heteroatoms. The Balaban J connectivity index is 4.36. The molecule has 0 aliphatic heterocycles. The maximum Gasteiger partial charge on any atom is 0.319 e. The summed E-state index contributed by atoms with van der Waals surface area (Å²) in [6, 6.07) is 0. The topological polar surface area (TPSA) is 55.8 Å². The number of ether oxygens (including phenoxy) is 2. The van der Waals surface area contributed by atoms with Crippen LogP contribution in [0.3, 0.4) is 0 Å². The van der Waals surface area contributed by atoms with E-state index < -0.39 is 0 Å². The molecule has 0 N–H and O–H groups in total. The molecule has 0 aliphatic carbocycles. The van der Waals surface area contributed by atoms with Crippen LogP contribution in [-0.2, 0) is 19.1 Å². The van der Waals surface area contributed by atoms with Gasteiger partial charge in [-0.05, 0) is 18.3 Å². The highest BCUT2D eigenvalue weighted by Gasteiger charge is 2.18. The number of carbonyl (C=O) groups is 2. The van der Waals surface area contributed by atoms with Crippen LogP contribution < -0.4 is 0 Å². The number of hydrogen-bond donors (Lipinski definition) is 0. The van der Waals surface area contributed by atoms with Gasteiger partial charge in [-0.15, -0.1) is 0 Å². The largest absolute Gasteiger partial charge is 0.468 e. The van der Waals surface area contributed by atoms with E-state index in [4.69, 9.17) is 0 Å². The molecule has 0 bridgehead atoms. The minimum absolute atomic E-state index is 0.119. The lowest BCUT2D eigenvalue weighted by atomic mass is 9.98. The van der Waals surface area contributed by atoms with Gasteiger partial charge in [0.2, 0.25) is 0 Å². The summed E-state index contributed by atoms with van der Waals surface area (Å²) in [7, 11) is 2.69. The third-order valence-corrected chi connectivity index (χ3v) is 2.60. The number of rotatable bonds is 8. The van der Waals surface area contributed by atoms with Gasteiger partial charge in [0.1, 0.15) is 0 Å². The fourth-order valence-electron chi connectivity index (χ4n) is 2.00. The highest BCUT2D eigenvalue weighted by Crippen LogP contribution is 2.12. The molecule has 18 heavy (non-hydrogen) atoms. The summed E-state index contributed by atoms with van der Waals surface area (Å²) in [5, 5.41) is 0. The third-order valence-electron chi connectivity index (χ3n) is 2.60. The minimum Gasteiger partial charge on any atom is -0.468 e. The zero-order valence-electron chi connectivity index (χ0n) is 12.1. The van der Waals surface area contributed by atoms with Gasteiger partial charge in [0.05, 0.1) is 27.3 Å². The van der Waals surface area contributed by atoms with Crippen LogP contribution in [0.4, 0.5) is 0 Å². The van der Waals surface area contributed by atoms with Gasteiger partial charge in [-0.3, -0.25) is 14.5 Å². The van der Waals surface area contributed by atoms with Gasteiger partial charge in [0, 0.05) is 6.54 Å². The fraction of sp³-hybridized carbons (Fsp3) is 0.846. The number of hydrogen-bond acceptors (Lipinski definition) is 5. The van der Waals surface area contributed by atoms with Crippen molar-refractivity contribution in [3.8, 4) is 0 Å². The lowest BCUT2D eigenvalue weighted by Gasteiger charge is -2.24. The molecule has 0 radical (unpaired) electrons. The second-order valence-electron chi connectivity index (χ2n) is 5.06. The molecule has 0 saturated carbocycles. The molecule has 1 atom stereocenters. The Bertz CT molecular complexity index is 248. The van der Waals surface area contributed by atoms with Crippen molar-refractivity contribution in [2.75, 3.05) is 33.9 Å². The standard InChI is InChI=1S/C13H25NO4/c1-10(2)6-11(3)7-14(8-12(15)17-4)9-13(16)18-5/h10-11H,6-9H2,1-5H3. The molecule has 0 aromatic carbocycles. The van der Waals surface area contributed by atoms with Crippen LogP contribution in [0.15, 0.2) is 0 Å². The van der Waals surface area contributed by atoms with Crippen molar-refractivity contribution in [2.24, 2.45) is 11.8 Å². The molecule has 0 rings (SSSR count). The summed E-state index contributed by atoms with van der Waals surface area (Å²) in [5.41, 5.74) is 0. The molecule has 0 aromatic rings. The molecule has 0 aliphatic rings. The molecule has 0 heterocycles. The van der Waals surface area contributed by atoms with Crippen LogP contribution >= 0.6 is 0 Å². The van der Waals surface area contributed by atoms with Crippen molar-refractivity contribution < 1.29 is 19.1 Å². The molecular formula is C13H25NO4. The first-order chi connectivity index (χ1) is 8.38. The Hall–Kier alpha value is -1.10. The van der Waals surface area contributed by atoms with Crippen molar-refractivity contribution in [3.63, 3.8) is 0 Å². The molecule has 0 aromatic heterocycles. The van der Waals surface area contributed by atoms with Crippen LogP contribution in [0, 0.1) is 11.8 Å². The zero-order chi connectivity index (χ0) is 14.1. The molecule has 0 spiro atoms. The van der Waals surface area contributed by atoms with Crippen molar-refractivity contribution in [2.45, 2.75) is 27.2 Å². The number of esters is 2. The van der Waals surface area contributed by atoms with Gasteiger partial charge in [-0.25, -0.2) is 0 Å². The Morgan fingerprint density at radius 1 is 1.00 bits per heavy atom. The van der Waals surface area contributed by atoms with E-state index in [0.717, 1.165) is 6.42 Å². The second-order valence-corrected chi connectivity index (χ2v) is 5.06. The van der Waals surface area contributed by atoms with Gasteiger partial charge < -0.3 is 9.47 Å². The predicted octanol–water partition coefficient (Wildman–Crippen LogP) is 1.32. The van der Waals surface area contributed by atoms with Crippen LogP contribution in [0.1, 0.15) is 27.2 Å². The maximum absolute atomic E-state index is 11.3. The van der Waals surface area contributed by atoms with Crippen molar-refractivity contribution in [1.82, 2.24) is 4.90 Å². The Morgan fingerprint density at radius 2 is 1.44 bits per heavy atom. The van der Waals surface area contributed by atoms with Crippen molar-refractivity contribution in [3.05, 3.63) is 0 Å². The smallest absolute Gasteiger partial charge is 0.319 e. The average Bonchev–Trinajstić information content (AvgIpc) is 2.27. The van der Waals surface area contributed by atoms with E-state index in [0.29, 0.717) is 18.4 Å². The summed E-state index contributed by atoms with van der Waals surface area (Å²) < 4.78 is 9.25. The van der Waals surface area contributed by atoms with Crippen LogP contribution in [0.5, 0.6) is 0 Å². The van der Waals surface area contributed by atoms with E-state index in [1.165, 1.54) is 14.2 Å². The Labute approximate surface area is 109 Å². The van der Waals surface area contributed by atoms with E-state index in [9.17, 15) is 9.59 Å². The summed E-state index contributed by atoms with van der Waals surface area (Å²) in [5.74, 6) is 0.337. The van der Waals surface area contributed by atoms with Crippen molar-refractivity contribution >= 4 is 11.9 Å². The van der Waals surface area contributed by atoms with Gasteiger partial charge in [-0.1, -0.05) is 20.8 Å². The molecule has 0 amide bonds. The molecule has 1 unspecified atom stereocenters. The lowest BCUT2D eigenvalue weighted by molar-refractivity contribution is -0.145. The summed E-state index contributed by atoms with van der Waals surface area (Å²) >= 11 is 0. The van der Waals surface area contributed by atoms with E-state index in [-0.39, 0.29) is 25.0 Å². The Morgan fingerprint density at radius 3 is 1.78 bits per heavy atom. The highest BCUT2D eigenvalue weighted by atomic mass is 16.5. The molecule has 106 valence electrons. The van der Waals surface area contributed by atoms with Gasteiger partial charge in [0.25, 0.3) is 0 Å². The van der Waals surface area contributed by atoms with Gasteiger partial charge >= 0.3 is 11.9 Å². The van der Waals surface area contributed by atoms with Crippen LogP contribution in [-0.4, -0.2) is 50.7 Å². The second kappa shape index (κ2) is 8.91. The number of methoxy groups -OCH3 is 2. The van der Waals surface area contributed by atoms with E-state index in [1.54, 1.807) is 4.90 Å². The van der Waals surface area contributed by atoms with E-state index >= 15 is 0 Å². The third kappa shape index (κ3) is 8.06. The highest BCUT2D eigenvalue weighted by molar-refractivity contribution is 5.74. The number of nitrogens with zero attached hydrogens (tertiary/aromatic N) is 1. The minimum atomic E-state index is -0.337. The summed E-state index contributed by atoms with van der Waals surface area (Å²) in [4.78, 5) is 24.3. The maximum atomic E-state index is 11.3. The first-order valence-corrected chi connectivity index (χ1v) is 6.25. The van der Waals surface area contributed by atoms with Gasteiger partial charge in [0.15, 0.2) is 0 Å². The normalized spacial score (nSPS) is 12.6. The monoisotopic (exact) mass is 259 g/mol. The average molecular weight is 259 g/mol. The zero-order valence-corrected chi connectivity index (χ0v) is 12.1. The first kappa shape index (κ1) is 16.9.